The van der Waals surface area contributed by atoms with E-state index in [-0.39, 0.29) is 56.9 Å². The van der Waals surface area contributed by atoms with Gasteiger partial charge < -0.3 is 91.1 Å². The number of nitrogens with zero attached hydrogens (tertiary/aromatic N) is 2. The Morgan fingerprint density at radius 1 is 0.628 bits per heavy atom. The minimum atomic E-state index is -1.70. The van der Waals surface area contributed by atoms with E-state index in [1.165, 1.54) is 12.5 Å². The lowest BCUT2D eigenvalue weighted by molar-refractivity contribution is -0.143. The van der Waals surface area contributed by atoms with Crippen LogP contribution in [0.5, 0.6) is 0 Å². The average molecular weight is 1110 g/mol. The molecule has 9 amide bonds. The number of aliphatic hydroxyl groups is 1. The Morgan fingerprint density at radius 2 is 1.15 bits per heavy atom. The van der Waals surface area contributed by atoms with Crippen molar-refractivity contribution in [2.24, 2.45) is 45.7 Å². The molecule has 0 aromatic carbocycles. The predicted molar refractivity (Wildman–Crippen MR) is 283 cm³/mol. The standard InChI is InChI=1S/C48H84N16O14/c1-7-26(5)38(45(75)56-21-35(66)58-30(13-11-17-54-48(51)52)43(73)64-39(27(6)8-2)46(76)60-32(47(77)78)12-9-10-16-49)63-36(67)22-55-41(71)34(23-65)62-44(74)33(19-28-20-53-24-57-28)61-42(72)31(14-15-37(68)69)59-40(70)29(50)18-25(3)4/h20,24-27,29-34,38-39,65H,7-19,21-23,49-50H2,1-6H3,(H,53,57)(H,55,71)(H,56,75)(H,58,66)(H,59,70)(H,60,76)(H,61,72)(H,62,74)(H,63,67)(H,64,73)(H,68,69)(H,77,78)(H4,51,52,54)/t26-,27-,29-,30-,31-,32-,33-,34-,38-,39-/m0/s1. The zero-order chi connectivity index (χ0) is 59.1. The number of carbonyl (C=O) groups is 11. The number of nitrogens with two attached hydrogens (primary N) is 4. The van der Waals surface area contributed by atoms with E-state index in [1.807, 2.05) is 13.8 Å². The molecule has 0 unspecified atom stereocenters. The van der Waals surface area contributed by atoms with E-state index < -0.39 is 151 Å². The van der Waals surface area contributed by atoms with Crippen molar-refractivity contribution in [3.8, 4) is 0 Å². The van der Waals surface area contributed by atoms with Crippen LogP contribution in [0, 0.1) is 17.8 Å². The summed E-state index contributed by atoms with van der Waals surface area (Å²) >= 11 is 0. The van der Waals surface area contributed by atoms with Crippen LogP contribution < -0.4 is 70.8 Å². The number of hydrogen-bond donors (Lipinski definition) is 17. The van der Waals surface area contributed by atoms with Crippen LogP contribution in [0.25, 0.3) is 0 Å². The van der Waals surface area contributed by atoms with E-state index in [9.17, 15) is 68.1 Å². The third-order valence-electron chi connectivity index (χ3n) is 12.4. The van der Waals surface area contributed by atoms with Gasteiger partial charge in [-0.15, -0.1) is 0 Å². The molecule has 0 fully saturated rings. The second-order valence-corrected chi connectivity index (χ2v) is 19.3. The number of carboxylic acids is 2. The lowest BCUT2D eigenvalue weighted by atomic mass is 9.96. The van der Waals surface area contributed by atoms with Crippen molar-refractivity contribution >= 4 is 71.1 Å². The van der Waals surface area contributed by atoms with Crippen molar-refractivity contribution in [3.05, 3.63) is 18.2 Å². The minimum Gasteiger partial charge on any atom is -0.481 e. The monoisotopic (exact) mass is 1110 g/mol. The van der Waals surface area contributed by atoms with Crippen molar-refractivity contribution in [2.75, 3.05) is 32.8 Å². The smallest absolute Gasteiger partial charge is 0.326 e. The van der Waals surface area contributed by atoms with Crippen molar-refractivity contribution in [3.63, 3.8) is 0 Å². The van der Waals surface area contributed by atoms with Crippen molar-refractivity contribution in [1.29, 1.82) is 0 Å². The fourth-order valence-electron chi connectivity index (χ4n) is 7.47. The third kappa shape index (κ3) is 26.5. The van der Waals surface area contributed by atoms with Crippen LogP contribution in [0.3, 0.4) is 0 Å². The van der Waals surface area contributed by atoms with Crippen LogP contribution in [-0.4, -0.2) is 177 Å². The predicted octanol–water partition coefficient (Wildman–Crippen LogP) is -4.83. The number of H-pyrrole nitrogens is 1. The summed E-state index contributed by atoms with van der Waals surface area (Å²) in [6.07, 6.45) is 3.67. The highest BCUT2D eigenvalue weighted by Crippen LogP contribution is 2.13. The second kappa shape index (κ2) is 36.5. The Hall–Kier alpha value is -7.47. The van der Waals surface area contributed by atoms with E-state index in [4.69, 9.17) is 22.9 Å². The van der Waals surface area contributed by atoms with Gasteiger partial charge in [-0.3, -0.25) is 52.9 Å². The van der Waals surface area contributed by atoms with Crippen LogP contribution >= 0.6 is 0 Å². The van der Waals surface area contributed by atoms with E-state index in [2.05, 4.69) is 62.8 Å². The summed E-state index contributed by atoms with van der Waals surface area (Å²) in [6, 6.07) is -10.7. The molecule has 30 heteroatoms. The molecule has 440 valence electrons. The zero-order valence-electron chi connectivity index (χ0n) is 45.4. The Bertz CT molecular complexity index is 2160. The summed E-state index contributed by atoms with van der Waals surface area (Å²) in [4.78, 5) is 155. The summed E-state index contributed by atoms with van der Waals surface area (Å²) in [5.41, 5.74) is 22.7. The molecule has 1 heterocycles. The van der Waals surface area contributed by atoms with Gasteiger partial charge in [-0.1, -0.05) is 54.4 Å². The van der Waals surface area contributed by atoms with E-state index in [0.717, 1.165) is 0 Å². The number of imidazole rings is 1. The Balaban J connectivity index is 3.15. The number of aromatic nitrogens is 2. The maximum absolute atomic E-state index is 13.8. The van der Waals surface area contributed by atoms with Crippen molar-refractivity contribution < 1.29 is 68.1 Å². The number of aliphatic imine (C=N–C) groups is 1. The maximum Gasteiger partial charge on any atom is 0.326 e. The van der Waals surface area contributed by atoms with Crippen LogP contribution in [0.15, 0.2) is 17.5 Å². The van der Waals surface area contributed by atoms with Crippen LogP contribution in [-0.2, 0) is 59.2 Å². The molecule has 21 N–H and O–H groups in total. The largest absolute Gasteiger partial charge is 0.481 e. The van der Waals surface area contributed by atoms with Crippen LogP contribution in [0.2, 0.25) is 0 Å². The van der Waals surface area contributed by atoms with Gasteiger partial charge in [0, 0.05) is 31.3 Å². The molecular formula is C48H84N16O14. The first-order valence-electron chi connectivity index (χ1n) is 26.0. The summed E-state index contributed by atoms with van der Waals surface area (Å²) in [6.45, 7) is 8.37. The fourth-order valence-corrected chi connectivity index (χ4v) is 7.47. The lowest BCUT2D eigenvalue weighted by Crippen LogP contribution is -2.59. The molecule has 30 nitrogen and oxygen atoms in total. The molecule has 78 heavy (non-hydrogen) atoms. The molecule has 0 saturated heterocycles. The Labute approximate surface area is 453 Å². The van der Waals surface area contributed by atoms with Crippen LogP contribution in [0.4, 0.5) is 0 Å². The molecule has 1 aromatic rings. The number of carbonyl (C=O) groups excluding carboxylic acids is 9. The molecule has 10 atom stereocenters. The number of amides is 9. The van der Waals surface area contributed by atoms with Crippen LogP contribution in [0.1, 0.15) is 111 Å². The van der Waals surface area contributed by atoms with E-state index in [1.54, 1.807) is 27.7 Å². The summed E-state index contributed by atoms with van der Waals surface area (Å²) in [5.74, 6) is -11.6. The van der Waals surface area contributed by atoms with Gasteiger partial charge in [-0.25, -0.2) is 9.78 Å². The molecule has 0 radical (unpaired) electrons. The maximum atomic E-state index is 13.8. The third-order valence-corrected chi connectivity index (χ3v) is 12.4. The molecular weight excluding hydrogens is 1020 g/mol. The van der Waals surface area contributed by atoms with Gasteiger partial charge in [0.1, 0.15) is 42.3 Å². The van der Waals surface area contributed by atoms with E-state index in [0.29, 0.717) is 37.9 Å². The quantitative estimate of drug-likeness (QED) is 0.0167. The highest BCUT2D eigenvalue weighted by molar-refractivity contribution is 5.97. The van der Waals surface area contributed by atoms with Gasteiger partial charge in [0.05, 0.1) is 32.1 Å². The topological polar surface area (TPSA) is 502 Å². The fraction of sp³-hybridized carbons (Fsp3) is 0.688. The lowest BCUT2D eigenvalue weighted by Gasteiger charge is -2.28. The van der Waals surface area contributed by atoms with Gasteiger partial charge in [0.2, 0.25) is 53.2 Å². The number of unbranched alkanes of at least 4 members (excludes halogenated alkanes) is 1. The SMILES string of the molecule is CC[C@H](C)[C@H](NC(=O)CNC(=O)[C@H](CO)NC(=O)[C@H](Cc1cnc[nH]1)NC(=O)[C@H](CCC(=O)O)NC(=O)[C@@H](N)CC(C)C)C(=O)NCC(=O)N[C@@H](CCCN=C(N)N)C(=O)N[C@H](C(=O)N[C@@H](CCCCN)C(=O)O)[C@@H](C)CC. The number of aromatic amines is 1. The number of nitrogens with one attached hydrogen (secondary N) is 10. The number of carboxylic acid groups (broad SMARTS) is 2. The molecule has 0 saturated carbocycles. The van der Waals surface area contributed by atoms with Crippen molar-refractivity contribution in [1.82, 2.24) is 57.8 Å². The molecule has 1 rings (SSSR count). The van der Waals surface area contributed by atoms with E-state index >= 15 is 0 Å². The summed E-state index contributed by atoms with van der Waals surface area (Å²) in [7, 11) is 0. The number of hydrogen-bond acceptors (Lipinski definition) is 16. The normalized spacial score (nSPS) is 14.9. The highest BCUT2D eigenvalue weighted by Gasteiger charge is 2.35. The summed E-state index contributed by atoms with van der Waals surface area (Å²) in [5, 5.41) is 51.2. The van der Waals surface area contributed by atoms with Gasteiger partial charge in [-0.05, 0) is 69.2 Å². The molecule has 0 spiro atoms. The number of aliphatic hydroxyl groups excluding tert-OH is 1. The number of guanidine groups is 1. The highest BCUT2D eigenvalue weighted by atomic mass is 16.4. The molecule has 0 aliphatic carbocycles. The Kier molecular flexibility index (Phi) is 32.1. The van der Waals surface area contributed by atoms with Gasteiger partial charge in [-0.2, -0.15) is 0 Å². The number of rotatable bonds is 39. The van der Waals surface area contributed by atoms with Gasteiger partial charge >= 0.3 is 11.9 Å². The molecule has 0 aliphatic rings. The number of aliphatic carboxylic acids is 2. The first kappa shape index (κ1) is 68.5. The summed E-state index contributed by atoms with van der Waals surface area (Å²) < 4.78 is 0. The average Bonchev–Trinajstić information content (AvgIpc) is 3.91. The minimum absolute atomic E-state index is 0.0134. The second-order valence-electron chi connectivity index (χ2n) is 19.3. The molecule has 0 bridgehead atoms. The van der Waals surface area contributed by atoms with Crippen molar-refractivity contribution in [2.45, 2.75) is 161 Å². The molecule has 1 aromatic heterocycles. The van der Waals surface area contributed by atoms with Gasteiger partial charge in [0.15, 0.2) is 5.96 Å². The Morgan fingerprint density at radius 3 is 1.69 bits per heavy atom. The molecule has 0 aliphatic heterocycles. The first-order chi connectivity index (χ1) is 36.8. The first-order valence-corrected chi connectivity index (χ1v) is 26.0. The van der Waals surface area contributed by atoms with Gasteiger partial charge in [0.25, 0.3) is 0 Å². The zero-order valence-corrected chi connectivity index (χ0v) is 45.4.